The van der Waals surface area contributed by atoms with Crippen LogP contribution in [0.4, 0.5) is 0 Å². The van der Waals surface area contributed by atoms with Gasteiger partial charge in [0.05, 0.1) is 6.54 Å². The lowest BCUT2D eigenvalue weighted by molar-refractivity contribution is -0.127. The molecule has 0 radical (unpaired) electrons. The largest absolute Gasteiger partial charge is 0.481 e. The minimum Gasteiger partial charge on any atom is -0.481 e. The molecule has 136 valence electrons. The molecule has 1 amide bonds. The van der Waals surface area contributed by atoms with Crippen molar-refractivity contribution in [2.45, 2.75) is 45.8 Å². The van der Waals surface area contributed by atoms with Crippen LogP contribution in [0.25, 0.3) is 5.65 Å². The number of fused-ring (bicyclic) bond motifs is 1. The normalized spacial score (nSPS) is 12.8. The van der Waals surface area contributed by atoms with Gasteiger partial charge in [0.15, 0.2) is 17.6 Å². The van der Waals surface area contributed by atoms with Crippen LogP contribution >= 0.6 is 0 Å². The van der Waals surface area contributed by atoms with Crippen LogP contribution in [0.5, 0.6) is 5.75 Å². The molecule has 3 aromatic rings. The molecule has 6 heteroatoms. The Balaban J connectivity index is 1.58. The predicted octanol–water partition coefficient (Wildman–Crippen LogP) is 3.11. The Hall–Kier alpha value is -2.89. The number of pyridine rings is 1. The molecule has 0 aliphatic carbocycles. The summed E-state index contributed by atoms with van der Waals surface area (Å²) in [6.45, 7) is 8.50. The number of rotatable bonds is 5. The molecule has 1 atom stereocenters. The van der Waals surface area contributed by atoms with Crippen molar-refractivity contribution >= 4 is 11.6 Å². The van der Waals surface area contributed by atoms with Gasteiger partial charge < -0.3 is 10.1 Å². The van der Waals surface area contributed by atoms with Gasteiger partial charge in [0.2, 0.25) is 0 Å². The predicted molar refractivity (Wildman–Crippen MR) is 100 cm³/mol. The molecule has 2 heterocycles. The third-order valence-corrected chi connectivity index (χ3v) is 4.21. The summed E-state index contributed by atoms with van der Waals surface area (Å²) in [6.07, 6.45) is 1.27. The zero-order valence-electron chi connectivity index (χ0n) is 15.6. The average molecular weight is 352 g/mol. The van der Waals surface area contributed by atoms with Crippen LogP contribution in [-0.4, -0.2) is 26.6 Å². The number of nitrogens with zero attached hydrogens (tertiary/aromatic N) is 3. The maximum atomic E-state index is 12.3. The van der Waals surface area contributed by atoms with Crippen LogP contribution in [0.15, 0.2) is 48.7 Å². The van der Waals surface area contributed by atoms with Crippen molar-refractivity contribution in [2.75, 3.05) is 0 Å². The molecular formula is C20H24N4O2. The molecule has 2 aromatic heterocycles. The average Bonchev–Trinajstić information content (AvgIpc) is 3.02. The first-order valence-electron chi connectivity index (χ1n) is 8.68. The van der Waals surface area contributed by atoms with E-state index in [4.69, 9.17) is 4.74 Å². The third kappa shape index (κ3) is 4.02. The Morgan fingerprint density at radius 3 is 2.58 bits per heavy atom. The van der Waals surface area contributed by atoms with Gasteiger partial charge in [-0.3, -0.25) is 9.20 Å². The number of benzene rings is 1. The number of carbonyl (C=O) groups excluding carboxylic acids is 1. The fourth-order valence-corrected chi connectivity index (χ4v) is 2.61. The quantitative estimate of drug-likeness (QED) is 0.766. The summed E-state index contributed by atoms with van der Waals surface area (Å²) in [6, 6.07) is 13.5. The number of hydrogen-bond donors (Lipinski definition) is 1. The lowest BCUT2D eigenvalue weighted by atomic mass is 9.87. The molecule has 3 rings (SSSR count). The second kappa shape index (κ2) is 7.15. The summed E-state index contributed by atoms with van der Waals surface area (Å²) < 4.78 is 7.59. The second-order valence-electron chi connectivity index (χ2n) is 7.30. The molecular weight excluding hydrogens is 328 g/mol. The molecule has 0 saturated carbocycles. The molecule has 6 nitrogen and oxygen atoms in total. The van der Waals surface area contributed by atoms with Crippen LogP contribution in [0.3, 0.4) is 0 Å². The third-order valence-electron chi connectivity index (χ3n) is 4.21. The number of hydrogen-bond acceptors (Lipinski definition) is 4. The minimum absolute atomic E-state index is 0.0859. The molecule has 26 heavy (non-hydrogen) atoms. The van der Waals surface area contributed by atoms with E-state index < -0.39 is 6.10 Å². The van der Waals surface area contributed by atoms with E-state index in [0.717, 1.165) is 5.65 Å². The first-order chi connectivity index (χ1) is 12.3. The smallest absolute Gasteiger partial charge is 0.261 e. The Morgan fingerprint density at radius 2 is 1.88 bits per heavy atom. The number of ether oxygens (including phenoxy) is 1. The van der Waals surface area contributed by atoms with Gasteiger partial charge in [-0.1, -0.05) is 39.0 Å². The Kier molecular flexibility index (Phi) is 4.93. The van der Waals surface area contributed by atoms with Crippen molar-refractivity contribution in [3.63, 3.8) is 0 Å². The Labute approximate surface area is 153 Å². The van der Waals surface area contributed by atoms with Gasteiger partial charge in [0.25, 0.3) is 5.91 Å². The molecule has 1 N–H and O–H groups in total. The van der Waals surface area contributed by atoms with Crippen LogP contribution in [0.2, 0.25) is 0 Å². The zero-order valence-corrected chi connectivity index (χ0v) is 15.6. The number of nitrogens with one attached hydrogen (secondary N) is 1. The topological polar surface area (TPSA) is 68.5 Å². The van der Waals surface area contributed by atoms with Gasteiger partial charge in [-0.25, -0.2) is 0 Å². The van der Waals surface area contributed by atoms with Gasteiger partial charge in [0, 0.05) is 6.20 Å². The lowest BCUT2D eigenvalue weighted by Gasteiger charge is -2.20. The van der Waals surface area contributed by atoms with Gasteiger partial charge in [-0.2, -0.15) is 0 Å². The van der Waals surface area contributed by atoms with Gasteiger partial charge in [0.1, 0.15) is 5.75 Å². The molecule has 0 spiro atoms. The first kappa shape index (κ1) is 17.9. The molecule has 1 unspecified atom stereocenters. The van der Waals surface area contributed by atoms with Crippen molar-refractivity contribution in [3.8, 4) is 5.75 Å². The number of amides is 1. The summed E-state index contributed by atoms with van der Waals surface area (Å²) in [5.74, 6) is 1.15. The summed E-state index contributed by atoms with van der Waals surface area (Å²) >= 11 is 0. The van der Waals surface area contributed by atoms with E-state index in [-0.39, 0.29) is 11.3 Å². The van der Waals surface area contributed by atoms with Crippen molar-refractivity contribution in [1.82, 2.24) is 19.9 Å². The van der Waals surface area contributed by atoms with E-state index in [1.165, 1.54) is 5.56 Å². The minimum atomic E-state index is -0.602. The lowest BCUT2D eigenvalue weighted by Crippen LogP contribution is -2.36. The molecule has 0 saturated heterocycles. The van der Waals surface area contributed by atoms with E-state index in [2.05, 4.69) is 36.3 Å². The highest BCUT2D eigenvalue weighted by Crippen LogP contribution is 2.24. The van der Waals surface area contributed by atoms with Crippen LogP contribution in [0, 0.1) is 0 Å². The molecule has 0 fully saturated rings. The summed E-state index contributed by atoms with van der Waals surface area (Å²) in [5, 5.41) is 11.0. The van der Waals surface area contributed by atoms with Crippen molar-refractivity contribution in [1.29, 1.82) is 0 Å². The van der Waals surface area contributed by atoms with Gasteiger partial charge >= 0.3 is 0 Å². The van der Waals surface area contributed by atoms with Gasteiger partial charge in [-0.05, 0) is 42.2 Å². The van der Waals surface area contributed by atoms with Gasteiger partial charge in [-0.15, -0.1) is 10.2 Å². The van der Waals surface area contributed by atoms with Crippen molar-refractivity contribution in [3.05, 3.63) is 60.0 Å². The van der Waals surface area contributed by atoms with E-state index in [1.54, 1.807) is 6.92 Å². The fraction of sp³-hybridized carbons (Fsp3) is 0.350. The first-order valence-corrected chi connectivity index (χ1v) is 8.68. The highest BCUT2D eigenvalue weighted by atomic mass is 16.5. The van der Waals surface area contributed by atoms with Crippen LogP contribution in [-0.2, 0) is 16.8 Å². The summed E-state index contributed by atoms with van der Waals surface area (Å²) in [5.41, 5.74) is 2.06. The molecule has 0 aliphatic heterocycles. The van der Waals surface area contributed by atoms with Crippen LogP contribution in [0.1, 0.15) is 39.1 Å². The van der Waals surface area contributed by atoms with Crippen molar-refractivity contribution < 1.29 is 9.53 Å². The molecule has 0 bridgehead atoms. The van der Waals surface area contributed by atoms with E-state index >= 15 is 0 Å². The zero-order chi connectivity index (χ0) is 18.7. The molecule has 0 aliphatic rings. The van der Waals surface area contributed by atoms with Crippen molar-refractivity contribution in [2.24, 2.45) is 0 Å². The number of carbonyl (C=O) groups is 1. The monoisotopic (exact) mass is 352 g/mol. The molecule has 1 aromatic carbocycles. The van der Waals surface area contributed by atoms with Crippen LogP contribution < -0.4 is 10.1 Å². The summed E-state index contributed by atoms with van der Waals surface area (Å²) in [7, 11) is 0. The maximum Gasteiger partial charge on any atom is 0.261 e. The second-order valence-corrected chi connectivity index (χ2v) is 7.30. The summed E-state index contributed by atoms with van der Waals surface area (Å²) in [4.78, 5) is 12.3. The standard InChI is InChI=1S/C20H24N4O2/c1-14(26-16-10-8-15(9-11-16)20(2,3)4)19(25)21-13-18-23-22-17-7-5-6-12-24(17)18/h5-12,14H,13H2,1-4H3,(H,21,25). The van der Waals surface area contributed by atoms with E-state index in [9.17, 15) is 4.79 Å². The highest BCUT2D eigenvalue weighted by molar-refractivity contribution is 5.80. The highest BCUT2D eigenvalue weighted by Gasteiger charge is 2.17. The number of aromatic nitrogens is 3. The Bertz CT molecular complexity index is 894. The Morgan fingerprint density at radius 1 is 1.15 bits per heavy atom. The fourth-order valence-electron chi connectivity index (χ4n) is 2.61. The SMILES string of the molecule is CC(Oc1ccc(C(C)(C)C)cc1)C(=O)NCc1nnc2ccccn12. The van der Waals surface area contributed by atoms with E-state index in [0.29, 0.717) is 18.1 Å². The maximum absolute atomic E-state index is 12.3. The van der Waals surface area contributed by atoms with E-state index in [1.807, 2.05) is 53.1 Å².